The first kappa shape index (κ1) is 30.6. The van der Waals surface area contributed by atoms with Gasteiger partial charge in [-0.3, -0.25) is 9.59 Å². The number of unbranched alkanes of at least 4 members (excludes halogenated alkanes) is 8. The van der Waals surface area contributed by atoms with Crippen molar-refractivity contribution in [3.05, 3.63) is 0 Å². The maximum absolute atomic E-state index is 10.0. The summed E-state index contributed by atoms with van der Waals surface area (Å²) in [4.78, 5) is 20.1. The van der Waals surface area contributed by atoms with Crippen LogP contribution >= 0.6 is 0 Å². The molecule has 0 aromatic heterocycles. The topological polar surface area (TPSA) is 115 Å². The molecule has 0 heterocycles. The van der Waals surface area contributed by atoms with Crippen molar-refractivity contribution in [1.29, 1.82) is 0 Å². The Labute approximate surface area is 166 Å². The molecule has 0 radical (unpaired) electrons. The molecule has 0 aromatic rings. The lowest BCUT2D eigenvalue weighted by Gasteiger charge is -1.98. The Morgan fingerprint density at radius 1 is 0.704 bits per heavy atom. The van der Waals surface area contributed by atoms with Crippen LogP contribution in [-0.4, -0.2) is 45.1 Å². The summed E-state index contributed by atoms with van der Waals surface area (Å²) in [6, 6.07) is 0. The minimum atomic E-state index is -0.670. The first-order chi connectivity index (χ1) is 12.8. The van der Waals surface area contributed by atoms with E-state index >= 15 is 0 Å². The molecule has 27 heavy (non-hydrogen) atoms. The number of carboxylic acids is 2. The highest BCUT2D eigenvalue weighted by Gasteiger charge is 1.95. The van der Waals surface area contributed by atoms with Crippen LogP contribution < -0.4 is 0 Å². The second-order valence-corrected chi connectivity index (χ2v) is 6.83. The van der Waals surface area contributed by atoms with Gasteiger partial charge in [0.25, 0.3) is 0 Å². The van der Waals surface area contributed by atoms with E-state index in [4.69, 9.17) is 20.4 Å². The predicted molar refractivity (Wildman–Crippen MR) is 110 cm³/mol. The third kappa shape index (κ3) is 45.7. The Bertz CT molecular complexity index is 281. The number of carboxylic acid groups (broad SMARTS) is 2. The zero-order chi connectivity index (χ0) is 21.3. The molecule has 6 nitrogen and oxygen atoms in total. The van der Waals surface area contributed by atoms with E-state index in [0.717, 1.165) is 25.7 Å². The third-order valence-electron chi connectivity index (χ3n) is 3.77. The molecule has 0 spiro atoms. The van der Waals surface area contributed by atoms with Gasteiger partial charge < -0.3 is 20.4 Å². The molecule has 0 fully saturated rings. The van der Waals surface area contributed by atoms with Gasteiger partial charge in [0.1, 0.15) is 0 Å². The lowest BCUT2D eigenvalue weighted by Crippen LogP contribution is -1.99. The normalized spacial score (nSPS) is 10.9. The van der Waals surface area contributed by atoms with Gasteiger partial charge in [0.2, 0.25) is 0 Å². The van der Waals surface area contributed by atoms with E-state index in [-0.39, 0.29) is 12.7 Å². The molecule has 1 unspecified atom stereocenters. The minimum absolute atomic E-state index is 0.185. The first-order valence-electron chi connectivity index (χ1n) is 10.5. The van der Waals surface area contributed by atoms with Gasteiger partial charge in [0, 0.05) is 19.4 Å². The molecule has 1 atom stereocenters. The molecule has 164 valence electrons. The van der Waals surface area contributed by atoms with Gasteiger partial charge >= 0.3 is 11.9 Å². The highest BCUT2D eigenvalue weighted by atomic mass is 16.4. The second-order valence-electron chi connectivity index (χ2n) is 6.83. The van der Waals surface area contributed by atoms with Gasteiger partial charge in [-0.15, -0.1) is 0 Å². The van der Waals surface area contributed by atoms with Crippen LogP contribution in [0.3, 0.4) is 0 Å². The molecule has 6 heteroatoms. The van der Waals surface area contributed by atoms with Crippen LogP contribution in [0.1, 0.15) is 111 Å². The highest BCUT2D eigenvalue weighted by molar-refractivity contribution is 5.66. The Balaban J connectivity index is -0.000000326. The smallest absolute Gasteiger partial charge is 0.303 e. The molecule has 0 saturated heterocycles. The van der Waals surface area contributed by atoms with Crippen molar-refractivity contribution in [3.8, 4) is 0 Å². The third-order valence-corrected chi connectivity index (χ3v) is 3.77. The molecule has 0 aliphatic rings. The minimum Gasteiger partial charge on any atom is -0.481 e. The maximum atomic E-state index is 10.0. The number of hydrogen-bond donors (Lipinski definition) is 4. The number of aliphatic hydroxyl groups excluding tert-OH is 2. The van der Waals surface area contributed by atoms with E-state index in [1.165, 1.54) is 38.5 Å². The van der Waals surface area contributed by atoms with Crippen LogP contribution in [0.2, 0.25) is 0 Å². The summed E-state index contributed by atoms with van der Waals surface area (Å²) in [6.45, 7) is 6.20. The van der Waals surface area contributed by atoms with Gasteiger partial charge in [-0.05, 0) is 32.6 Å². The fourth-order valence-electron chi connectivity index (χ4n) is 2.15. The summed E-state index contributed by atoms with van der Waals surface area (Å²) < 4.78 is 0. The van der Waals surface area contributed by atoms with E-state index in [1.54, 1.807) is 6.92 Å². The molecule has 0 amide bonds. The average Bonchev–Trinajstić information content (AvgIpc) is 2.60. The molecule has 0 aromatic carbocycles. The zero-order valence-corrected chi connectivity index (χ0v) is 17.8. The first-order valence-corrected chi connectivity index (χ1v) is 10.5. The second kappa shape index (κ2) is 27.1. The molecule has 0 aliphatic heterocycles. The average molecular weight is 393 g/mol. The molecule has 0 saturated carbocycles. The molecular formula is C21H44O6. The summed E-state index contributed by atoms with van der Waals surface area (Å²) >= 11 is 0. The standard InChI is InChI=1S/2C8H16O2.C5H12O2/c2*1-2-3-4-5-6-7-8(9)10;1-5(7)3-2-4-6/h2*2-7H2,1H3,(H,9,10);5-7H,2-4H2,1H3. The molecule has 0 aliphatic carbocycles. The quantitative estimate of drug-likeness (QED) is 0.291. The SMILES string of the molecule is CC(O)CCCO.CCCCCCCC(=O)O.CCCCCCCC(=O)O. The monoisotopic (exact) mass is 392 g/mol. The van der Waals surface area contributed by atoms with Crippen molar-refractivity contribution in [2.45, 2.75) is 117 Å². The van der Waals surface area contributed by atoms with Gasteiger partial charge in [-0.25, -0.2) is 0 Å². The molecular weight excluding hydrogens is 348 g/mol. The van der Waals surface area contributed by atoms with E-state index < -0.39 is 11.9 Å². The molecule has 0 rings (SSSR count). The van der Waals surface area contributed by atoms with Crippen molar-refractivity contribution < 1.29 is 30.0 Å². The van der Waals surface area contributed by atoms with Crippen LogP contribution in [0.25, 0.3) is 0 Å². The summed E-state index contributed by atoms with van der Waals surface area (Å²) in [5.74, 6) is -1.34. The fraction of sp³-hybridized carbons (Fsp3) is 0.905. The van der Waals surface area contributed by atoms with Crippen molar-refractivity contribution >= 4 is 11.9 Å². The number of rotatable bonds is 15. The molecule has 0 bridgehead atoms. The van der Waals surface area contributed by atoms with Crippen molar-refractivity contribution in [1.82, 2.24) is 0 Å². The van der Waals surface area contributed by atoms with Gasteiger partial charge in [-0.1, -0.05) is 65.2 Å². The number of aliphatic carboxylic acids is 2. The molecule has 4 N–H and O–H groups in total. The van der Waals surface area contributed by atoms with Crippen LogP contribution in [0.5, 0.6) is 0 Å². The van der Waals surface area contributed by atoms with Crippen LogP contribution in [0, 0.1) is 0 Å². The number of hydrogen-bond acceptors (Lipinski definition) is 4. The van der Waals surface area contributed by atoms with Gasteiger partial charge in [0.05, 0.1) is 6.10 Å². The van der Waals surface area contributed by atoms with E-state index in [0.29, 0.717) is 25.7 Å². The van der Waals surface area contributed by atoms with Gasteiger partial charge in [0.15, 0.2) is 0 Å². The Hall–Kier alpha value is -1.14. The lowest BCUT2D eigenvalue weighted by molar-refractivity contribution is -0.138. The Morgan fingerprint density at radius 2 is 1.07 bits per heavy atom. The van der Waals surface area contributed by atoms with Crippen LogP contribution in [0.15, 0.2) is 0 Å². The Morgan fingerprint density at radius 3 is 1.30 bits per heavy atom. The lowest BCUT2D eigenvalue weighted by atomic mass is 10.1. The van der Waals surface area contributed by atoms with E-state index in [9.17, 15) is 9.59 Å². The summed E-state index contributed by atoms with van der Waals surface area (Å²) in [7, 11) is 0. The van der Waals surface area contributed by atoms with Crippen molar-refractivity contribution in [2.24, 2.45) is 0 Å². The largest absolute Gasteiger partial charge is 0.481 e. The van der Waals surface area contributed by atoms with Crippen molar-refractivity contribution in [3.63, 3.8) is 0 Å². The zero-order valence-electron chi connectivity index (χ0n) is 17.8. The maximum Gasteiger partial charge on any atom is 0.303 e. The van der Waals surface area contributed by atoms with Crippen molar-refractivity contribution in [2.75, 3.05) is 6.61 Å². The number of carbonyl (C=O) groups is 2. The summed E-state index contributed by atoms with van der Waals surface area (Å²) in [6.07, 6.45) is 12.9. The fourth-order valence-corrected chi connectivity index (χ4v) is 2.15. The van der Waals surface area contributed by atoms with Crippen LogP contribution in [0.4, 0.5) is 0 Å². The summed E-state index contributed by atoms with van der Waals surface area (Å²) in [5.41, 5.74) is 0. The van der Waals surface area contributed by atoms with E-state index in [1.807, 2.05) is 0 Å². The van der Waals surface area contributed by atoms with Crippen LogP contribution in [-0.2, 0) is 9.59 Å². The van der Waals surface area contributed by atoms with Gasteiger partial charge in [-0.2, -0.15) is 0 Å². The van der Waals surface area contributed by atoms with E-state index in [2.05, 4.69) is 13.8 Å². The highest BCUT2D eigenvalue weighted by Crippen LogP contribution is 2.04. The summed E-state index contributed by atoms with van der Waals surface area (Å²) in [5, 5.41) is 33.3. The Kier molecular flexibility index (Phi) is 30.7. The predicted octanol–water partition coefficient (Wildman–Crippen LogP) is 5.00. The number of aliphatic hydroxyl groups is 2.